The predicted octanol–water partition coefficient (Wildman–Crippen LogP) is -15.2. The van der Waals surface area contributed by atoms with Gasteiger partial charge in [-0.05, 0) is 0 Å². The Kier molecular flexibility index (Phi) is 30.5. The summed E-state index contributed by atoms with van der Waals surface area (Å²) in [5.41, 5.74) is 0. The normalized spacial score (nSPS) is 14.0. The van der Waals surface area contributed by atoms with Gasteiger partial charge in [-0.1, -0.05) is 0 Å². The van der Waals surface area contributed by atoms with Crippen molar-refractivity contribution in [2.75, 3.05) is 13.2 Å². The number of hydrogen-bond acceptors (Lipinski definition) is 10. The van der Waals surface area contributed by atoms with Crippen molar-refractivity contribution >= 4 is 13.6 Å². The van der Waals surface area contributed by atoms with Crippen LogP contribution in [0.2, 0.25) is 0 Å². The van der Waals surface area contributed by atoms with Crippen LogP contribution < -0.4 is 103 Å². The fourth-order valence-electron chi connectivity index (χ4n) is 0.602. The zero-order valence-corrected chi connectivity index (χ0v) is 18.3. The summed E-state index contributed by atoms with van der Waals surface area (Å²) in [5.74, 6) is -1.00. The summed E-state index contributed by atoms with van der Waals surface area (Å²) in [7, 11) is -5.39. The molecule has 0 fully saturated rings. The van der Waals surface area contributed by atoms with Gasteiger partial charge in [-0.3, -0.25) is 4.79 Å². The van der Waals surface area contributed by atoms with Crippen molar-refractivity contribution in [2.24, 2.45) is 0 Å². The van der Waals surface area contributed by atoms with Crippen LogP contribution in [-0.2, 0) is 9.36 Å². The van der Waals surface area contributed by atoms with Gasteiger partial charge in [0.1, 0.15) is 24.9 Å². The molecule has 0 rings (SSSR count). The molecule has 0 radical (unpaired) electrons. The van der Waals surface area contributed by atoms with Crippen LogP contribution in [0.15, 0.2) is 0 Å². The summed E-state index contributed by atoms with van der Waals surface area (Å²) in [4.78, 5) is 36.2. The van der Waals surface area contributed by atoms with Crippen molar-refractivity contribution in [3.05, 3.63) is 0 Å². The number of aliphatic hydroxyl groups is 5. The third-order valence-electron chi connectivity index (χ3n) is 1.39. The minimum Gasteiger partial charge on any atom is -0.822 e. The summed E-state index contributed by atoms with van der Waals surface area (Å²) >= 11 is 0. The standard InChI is InChI=1S/C6H12O6.3Na.H3O4P/c7-1-3(9)5(11)6(12)4(10)2-8;;;;1-5(2,3)4/h3,5-9,11-12H,1-2H2;;;;(H3,1,2,3,4)/q;3*+1;/p-3. The maximum absolute atomic E-state index is 10.5. The van der Waals surface area contributed by atoms with Crippen molar-refractivity contribution in [1.82, 2.24) is 0 Å². The van der Waals surface area contributed by atoms with Gasteiger partial charge in [0.25, 0.3) is 0 Å². The van der Waals surface area contributed by atoms with Crippen LogP contribution >= 0.6 is 7.82 Å². The van der Waals surface area contributed by atoms with Crippen LogP contribution in [0, 0.1) is 0 Å². The summed E-state index contributed by atoms with van der Waals surface area (Å²) < 4.78 is 8.55. The van der Waals surface area contributed by atoms with Crippen LogP contribution in [0.4, 0.5) is 0 Å². The summed E-state index contributed by atoms with van der Waals surface area (Å²) in [6.07, 6.45) is -5.22. The Morgan fingerprint density at radius 2 is 1.30 bits per heavy atom. The molecule has 20 heavy (non-hydrogen) atoms. The van der Waals surface area contributed by atoms with Gasteiger partial charge >= 0.3 is 88.7 Å². The average Bonchev–Trinajstić information content (AvgIpc) is 2.22. The van der Waals surface area contributed by atoms with Gasteiger partial charge in [-0.2, -0.15) is 7.82 Å². The van der Waals surface area contributed by atoms with E-state index in [1.54, 1.807) is 0 Å². The molecule has 3 atom stereocenters. The van der Waals surface area contributed by atoms with Gasteiger partial charge in [0.2, 0.25) is 0 Å². The second-order valence-electron chi connectivity index (χ2n) is 2.76. The minimum absolute atomic E-state index is 0. The molecule has 5 N–H and O–H groups in total. The van der Waals surface area contributed by atoms with Gasteiger partial charge in [-0.15, -0.1) is 0 Å². The fraction of sp³-hybridized carbons (Fsp3) is 0.833. The number of carbonyl (C=O) groups excluding carboxylic acids is 1. The van der Waals surface area contributed by atoms with Crippen LogP contribution in [0.25, 0.3) is 0 Å². The van der Waals surface area contributed by atoms with Crippen molar-refractivity contribution in [3.8, 4) is 0 Å². The third-order valence-corrected chi connectivity index (χ3v) is 1.39. The van der Waals surface area contributed by atoms with Crippen molar-refractivity contribution in [1.29, 1.82) is 0 Å². The molecule has 0 bridgehead atoms. The first-order chi connectivity index (χ1) is 7.54. The molecular formula is C6H12Na3O10P. The molecule has 14 heteroatoms. The third kappa shape index (κ3) is 22.9. The molecule has 104 valence electrons. The number of hydrogen-bond donors (Lipinski definition) is 5. The molecule has 0 saturated heterocycles. The Hall–Kier alpha value is 2.58. The Balaban J connectivity index is -0.0000000821. The molecule has 0 aliphatic carbocycles. The molecule has 0 aromatic heterocycles. The van der Waals surface area contributed by atoms with Crippen molar-refractivity contribution < 1.29 is 138 Å². The van der Waals surface area contributed by atoms with Crippen molar-refractivity contribution in [3.63, 3.8) is 0 Å². The summed E-state index contributed by atoms with van der Waals surface area (Å²) in [6.45, 7) is -1.69. The van der Waals surface area contributed by atoms with Crippen LogP contribution in [-0.4, -0.2) is 62.8 Å². The first kappa shape index (κ1) is 34.0. The van der Waals surface area contributed by atoms with Crippen molar-refractivity contribution in [2.45, 2.75) is 18.3 Å². The van der Waals surface area contributed by atoms with E-state index < -0.39 is 45.1 Å². The van der Waals surface area contributed by atoms with E-state index in [1.165, 1.54) is 0 Å². The van der Waals surface area contributed by atoms with Gasteiger partial charge in [0.05, 0.1) is 6.61 Å². The Morgan fingerprint density at radius 1 is 1.00 bits per heavy atom. The van der Waals surface area contributed by atoms with Crippen LogP contribution in [0.1, 0.15) is 0 Å². The number of rotatable bonds is 5. The number of Topliss-reactive ketones (excluding diaryl/α,β-unsaturated/α-hetero) is 1. The van der Waals surface area contributed by atoms with E-state index in [4.69, 9.17) is 44.8 Å². The molecule has 0 amide bonds. The van der Waals surface area contributed by atoms with E-state index in [-0.39, 0.29) is 88.7 Å². The fourth-order valence-corrected chi connectivity index (χ4v) is 0.602. The molecule has 0 aromatic rings. The molecule has 0 aromatic carbocycles. The second-order valence-corrected chi connectivity index (χ2v) is 3.65. The number of phosphoric acid groups is 1. The molecular weight excluding hydrogens is 332 g/mol. The Morgan fingerprint density at radius 3 is 1.50 bits per heavy atom. The summed E-state index contributed by atoms with van der Waals surface area (Å²) in [6, 6.07) is 0. The van der Waals surface area contributed by atoms with E-state index >= 15 is 0 Å². The van der Waals surface area contributed by atoms with E-state index in [0.717, 1.165) is 0 Å². The molecule has 10 nitrogen and oxygen atoms in total. The van der Waals surface area contributed by atoms with E-state index in [1.807, 2.05) is 0 Å². The quantitative estimate of drug-likeness (QED) is 0.235. The molecule has 0 aliphatic rings. The van der Waals surface area contributed by atoms with E-state index in [9.17, 15) is 4.79 Å². The van der Waals surface area contributed by atoms with Gasteiger partial charge in [-0.25, -0.2) is 0 Å². The number of ketones is 1. The Bertz CT molecular complexity index is 265. The number of carbonyl (C=O) groups is 1. The van der Waals surface area contributed by atoms with E-state index in [2.05, 4.69) is 0 Å². The van der Waals surface area contributed by atoms with Crippen LogP contribution in [0.5, 0.6) is 0 Å². The second kappa shape index (κ2) is 17.9. The molecule has 0 aliphatic heterocycles. The zero-order valence-electron chi connectivity index (χ0n) is 11.4. The topological polar surface area (TPSA) is 204 Å². The number of aliphatic hydroxyl groups excluding tert-OH is 5. The minimum atomic E-state index is -5.39. The molecule has 3 unspecified atom stereocenters. The first-order valence-electron chi connectivity index (χ1n) is 4.06. The summed E-state index contributed by atoms with van der Waals surface area (Å²) in [5, 5.41) is 43.1. The molecule has 0 heterocycles. The SMILES string of the molecule is O=C(CO)C(O)C(O)C(O)CO.O=P([O-])([O-])[O-].[Na+].[Na+].[Na+]. The molecule has 0 spiro atoms. The largest absolute Gasteiger partial charge is 1.00 e. The van der Waals surface area contributed by atoms with Gasteiger partial charge in [0.15, 0.2) is 5.78 Å². The monoisotopic (exact) mass is 344 g/mol. The average molecular weight is 344 g/mol. The first-order valence-corrected chi connectivity index (χ1v) is 5.52. The molecule has 0 saturated carbocycles. The zero-order chi connectivity index (χ0) is 14.2. The van der Waals surface area contributed by atoms with E-state index in [0.29, 0.717) is 0 Å². The van der Waals surface area contributed by atoms with Gasteiger partial charge < -0.3 is 44.8 Å². The maximum atomic E-state index is 10.5. The van der Waals surface area contributed by atoms with Gasteiger partial charge in [0, 0.05) is 0 Å². The predicted molar refractivity (Wildman–Crippen MR) is 44.8 cm³/mol. The smallest absolute Gasteiger partial charge is 0.822 e. The Labute approximate surface area is 181 Å². The van der Waals surface area contributed by atoms with Crippen LogP contribution in [0.3, 0.4) is 0 Å². The maximum Gasteiger partial charge on any atom is 1.00 e.